The van der Waals surface area contributed by atoms with Crippen LogP contribution in [0.15, 0.2) is 61.7 Å². The lowest BCUT2D eigenvalue weighted by Gasteiger charge is -2.26. The molecule has 0 radical (unpaired) electrons. The molecule has 75 heavy (non-hydrogen) atoms. The Balaban J connectivity index is 1.05. The number of aryl methyl sites for hydroxylation is 1. The van der Waals surface area contributed by atoms with Crippen molar-refractivity contribution in [1.82, 2.24) is 0 Å². The van der Waals surface area contributed by atoms with Gasteiger partial charge in [0.1, 0.15) is 35.2 Å². The van der Waals surface area contributed by atoms with Gasteiger partial charge in [-0.05, 0) is 159 Å². The Morgan fingerprint density at radius 1 is 0.440 bits per heavy atom. The predicted molar refractivity (Wildman–Crippen MR) is 266 cm³/mol. The van der Waals surface area contributed by atoms with Crippen LogP contribution in [0.1, 0.15) is 126 Å². The number of benzene rings is 2. The van der Waals surface area contributed by atoms with E-state index in [0.717, 1.165) is 12.2 Å². The summed E-state index contributed by atoms with van der Waals surface area (Å²) in [6.45, 7) is 11.5. The Morgan fingerprint density at radius 2 is 0.800 bits per heavy atom. The molecule has 2 aromatic carbocycles. The molecule has 0 saturated heterocycles. The van der Waals surface area contributed by atoms with Crippen molar-refractivity contribution < 1.29 is 90.5 Å². The third-order valence-electron chi connectivity index (χ3n) is 13.4. The van der Waals surface area contributed by atoms with E-state index in [0.29, 0.717) is 126 Å². The van der Waals surface area contributed by atoms with Crippen LogP contribution in [0, 0.1) is 42.4 Å². The minimum Gasteiger partial charge on any atom is -0.465 e. The van der Waals surface area contributed by atoms with E-state index in [9.17, 15) is 43.2 Å². The zero-order valence-corrected chi connectivity index (χ0v) is 43.0. The summed E-state index contributed by atoms with van der Waals surface area (Å²) >= 11 is 0. The number of rotatable bonds is 27. The summed E-state index contributed by atoms with van der Waals surface area (Å²) in [5, 5.41) is 0. The molecule has 3 fully saturated rings. The van der Waals surface area contributed by atoms with Crippen molar-refractivity contribution in [3.63, 3.8) is 0 Å². The fourth-order valence-electron chi connectivity index (χ4n) is 8.97. The number of ether oxygens (including phenoxy) is 10. The average Bonchev–Trinajstić information content (AvgIpc) is 3.42. The number of carbonyl (C=O) groups excluding carboxylic acids is 9. The third kappa shape index (κ3) is 19.4. The van der Waals surface area contributed by atoms with Gasteiger partial charge < -0.3 is 47.4 Å². The molecule has 0 heterocycles. The highest BCUT2D eigenvalue weighted by Crippen LogP contribution is 2.36. The van der Waals surface area contributed by atoms with E-state index in [2.05, 4.69) is 13.2 Å². The molecule has 408 valence electrons. The summed E-state index contributed by atoms with van der Waals surface area (Å²) in [4.78, 5) is 114. The van der Waals surface area contributed by atoms with Gasteiger partial charge >= 0.3 is 53.7 Å². The normalized spacial score (nSPS) is 20.2. The Labute approximate surface area is 437 Å². The fourth-order valence-corrected chi connectivity index (χ4v) is 8.97. The number of hydrogen-bond acceptors (Lipinski definition) is 19. The SMILES string of the molecule is C=CC(=O)OCCCCOC(=O)C1CCC(C(=O)Oc2ccc(OC(=O)C3CCC(C(=O)Oc4ccc(OC(=O)C5CCC(C(=O)OCCCCOC(=O)C=C)CC5)cc4C(=O)OCCOCC)CC3)c(C)c2)CC1. The summed E-state index contributed by atoms with van der Waals surface area (Å²) in [6.07, 6.45) is 9.18. The van der Waals surface area contributed by atoms with E-state index in [1.807, 2.05) is 0 Å². The topological polar surface area (TPSA) is 246 Å². The molecular formula is C56H70O19. The molecule has 0 N–H and O–H groups in total. The molecule has 0 bridgehead atoms. The molecule has 19 nitrogen and oxygen atoms in total. The molecule has 3 saturated carbocycles. The van der Waals surface area contributed by atoms with E-state index < -0.39 is 59.5 Å². The first-order chi connectivity index (χ1) is 36.2. The first-order valence-corrected chi connectivity index (χ1v) is 26.0. The first kappa shape index (κ1) is 59.0. The molecule has 0 aromatic heterocycles. The second-order valence-corrected chi connectivity index (χ2v) is 18.7. The van der Waals surface area contributed by atoms with Gasteiger partial charge in [0.05, 0.1) is 68.5 Å². The van der Waals surface area contributed by atoms with Crippen LogP contribution in [0.2, 0.25) is 0 Å². The highest BCUT2D eigenvalue weighted by atomic mass is 16.6. The zero-order chi connectivity index (χ0) is 54.1. The molecular weight excluding hydrogens is 977 g/mol. The van der Waals surface area contributed by atoms with E-state index in [1.54, 1.807) is 32.0 Å². The van der Waals surface area contributed by atoms with Crippen LogP contribution >= 0.6 is 0 Å². The van der Waals surface area contributed by atoms with Crippen LogP contribution in [0.5, 0.6) is 23.0 Å². The maximum absolute atomic E-state index is 13.5. The summed E-state index contributed by atoms with van der Waals surface area (Å²) in [7, 11) is 0. The van der Waals surface area contributed by atoms with Crippen molar-refractivity contribution in [2.45, 2.75) is 117 Å². The molecule has 5 rings (SSSR count). The summed E-state index contributed by atoms with van der Waals surface area (Å²) in [5.74, 6) is -6.62. The molecule has 0 spiro atoms. The van der Waals surface area contributed by atoms with Gasteiger partial charge in [-0.25, -0.2) is 14.4 Å². The largest absolute Gasteiger partial charge is 0.465 e. The Bertz CT molecular complexity index is 2310. The Kier molecular flexibility index (Phi) is 24.5. The van der Waals surface area contributed by atoms with Crippen molar-refractivity contribution in [3.05, 3.63) is 72.8 Å². The predicted octanol–water partition coefficient (Wildman–Crippen LogP) is 8.03. The standard InChI is InChI=1S/C56H70O19/c1-5-48(57)67-28-8-10-30-69-50(59)37-12-16-39(17-13-37)52(61)72-43-24-26-46(36(4)34-43)74-54(63)41-20-22-42(23-21-41)55(64)75-47-27-25-44(35-45(47)56(65)71-33-32-66-7-3)73-53(62)40-18-14-38(15-19-40)51(60)70-31-11-9-29-68-49(58)6-2/h5-6,24-27,34-35,37-42H,1-2,7-23,28-33H2,3-4H3. The molecule has 3 aliphatic carbocycles. The number of esters is 9. The lowest BCUT2D eigenvalue weighted by atomic mass is 9.82. The van der Waals surface area contributed by atoms with Crippen LogP contribution in [0.25, 0.3) is 0 Å². The molecule has 2 aromatic rings. The van der Waals surface area contributed by atoms with Crippen molar-refractivity contribution in [3.8, 4) is 23.0 Å². The Hall–Kier alpha value is -6.89. The van der Waals surface area contributed by atoms with Gasteiger partial charge in [-0.2, -0.15) is 0 Å². The smallest absolute Gasteiger partial charge is 0.342 e. The Morgan fingerprint density at radius 3 is 1.20 bits per heavy atom. The van der Waals surface area contributed by atoms with E-state index in [-0.39, 0.29) is 86.4 Å². The van der Waals surface area contributed by atoms with Gasteiger partial charge in [0.2, 0.25) is 0 Å². The number of carbonyl (C=O) groups is 9. The number of hydrogen-bond donors (Lipinski definition) is 0. The van der Waals surface area contributed by atoms with E-state index in [1.165, 1.54) is 18.2 Å². The summed E-state index contributed by atoms with van der Waals surface area (Å²) in [6, 6.07) is 8.79. The highest BCUT2D eigenvalue weighted by molar-refractivity contribution is 5.94. The van der Waals surface area contributed by atoms with Crippen LogP contribution in [-0.2, 0) is 66.8 Å². The molecule has 0 aliphatic heterocycles. The van der Waals surface area contributed by atoms with Gasteiger partial charge in [-0.1, -0.05) is 13.2 Å². The van der Waals surface area contributed by atoms with Gasteiger partial charge in [0.25, 0.3) is 0 Å². The summed E-state index contributed by atoms with van der Waals surface area (Å²) in [5.41, 5.74) is 0.434. The maximum Gasteiger partial charge on any atom is 0.342 e. The fraction of sp³-hybridized carbons (Fsp3) is 0.554. The van der Waals surface area contributed by atoms with Crippen LogP contribution < -0.4 is 18.9 Å². The van der Waals surface area contributed by atoms with Crippen LogP contribution in [-0.4, -0.2) is 100.0 Å². The van der Waals surface area contributed by atoms with Gasteiger partial charge in [0, 0.05) is 18.8 Å². The van der Waals surface area contributed by atoms with Crippen molar-refractivity contribution in [1.29, 1.82) is 0 Å². The lowest BCUT2D eigenvalue weighted by molar-refractivity contribution is -0.152. The van der Waals surface area contributed by atoms with E-state index >= 15 is 0 Å². The second-order valence-electron chi connectivity index (χ2n) is 18.7. The van der Waals surface area contributed by atoms with Gasteiger partial charge in [0.15, 0.2) is 0 Å². The quantitative estimate of drug-likeness (QED) is 0.0270. The van der Waals surface area contributed by atoms with Gasteiger partial charge in [-0.15, -0.1) is 0 Å². The molecule has 0 amide bonds. The average molecular weight is 1050 g/mol. The zero-order valence-electron chi connectivity index (χ0n) is 43.0. The molecule has 3 aliphatic rings. The first-order valence-electron chi connectivity index (χ1n) is 26.0. The molecule has 0 atom stereocenters. The summed E-state index contributed by atoms with van der Waals surface area (Å²) < 4.78 is 54.2. The van der Waals surface area contributed by atoms with Crippen molar-refractivity contribution >= 4 is 53.7 Å². The van der Waals surface area contributed by atoms with Crippen LogP contribution in [0.4, 0.5) is 0 Å². The monoisotopic (exact) mass is 1050 g/mol. The molecule has 0 unspecified atom stereocenters. The number of unbranched alkanes of at least 4 members (excludes halogenated alkanes) is 2. The van der Waals surface area contributed by atoms with Crippen molar-refractivity contribution in [2.75, 3.05) is 46.2 Å². The minimum absolute atomic E-state index is 0.0362. The third-order valence-corrected chi connectivity index (χ3v) is 13.4. The molecule has 19 heteroatoms. The van der Waals surface area contributed by atoms with Crippen LogP contribution in [0.3, 0.4) is 0 Å². The minimum atomic E-state index is -0.824. The lowest BCUT2D eigenvalue weighted by Crippen LogP contribution is -2.31. The van der Waals surface area contributed by atoms with E-state index in [4.69, 9.17) is 47.4 Å². The highest BCUT2D eigenvalue weighted by Gasteiger charge is 2.36. The van der Waals surface area contributed by atoms with Gasteiger partial charge in [-0.3, -0.25) is 28.8 Å². The maximum atomic E-state index is 13.5. The second kappa shape index (κ2) is 31.1. The van der Waals surface area contributed by atoms with Crippen molar-refractivity contribution in [2.24, 2.45) is 35.5 Å².